The molecule has 110 valence electrons. The van der Waals surface area contributed by atoms with Crippen molar-refractivity contribution in [3.63, 3.8) is 0 Å². The van der Waals surface area contributed by atoms with Gasteiger partial charge in [-0.25, -0.2) is 0 Å². The van der Waals surface area contributed by atoms with Gasteiger partial charge in [-0.1, -0.05) is 43.2 Å². The van der Waals surface area contributed by atoms with Crippen molar-refractivity contribution in [3.8, 4) is 0 Å². The van der Waals surface area contributed by atoms with E-state index in [1.807, 2.05) is 30.3 Å². The zero-order chi connectivity index (χ0) is 14.3. The van der Waals surface area contributed by atoms with Crippen LogP contribution < -0.4 is 5.32 Å². The van der Waals surface area contributed by atoms with Crippen molar-refractivity contribution in [2.45, 2.75) is 37.6 Å². The van der Waals surface area contributed by atoms with E-state index in [0.717, 1.165) is 32.1 Å². The number of nitrogens with one attached hydrogen (secondary N) is 1. The fraction of sp³-hybridized carbons (Fsp3) is 0.562. The van der Waals surface area contributed by atoms with E-state index in [1.54, 1.807) is 0 Å². The van der Waals surface area contributed by atoms with E-state index >= 15 is 0 Å². The third-order valence-electron chi connectivity index (χ3n) is 3.88. The highest BCUT2D eigenvalue weighted by Gasteiger charge is 2.34. The van der Waals surface area contributed by atoms with E-state index in [1.165, 1.54) is 5.56 Å². The van der Waals surface area contributed by atoms with E-state index in [-0.39, 0.29) is 19.1 Å². The van der Waals surface area contributed by atoms with E-state index in [0.29, 0.717) is 6.61 Å². The molecule has 2 N–H and O–H groups in total. The van der Waals surface area contributed by atoms with Crippen LogP contribution in [0, 0.1) is 0 Å². The summed E-state index contributed by atoms with van der Waals surface area (Å²) in [4.78, 5) is 11.8. The number of hydrogen-bond acceptors (Lipinski definition) is 3. The number of benzene rings is 1. The molecule has 0 bridgehead atoms. The predicted octanol–water partition coefficient (Wildman–Crippen LogP) is 1.67. The summed E-state index contributed by atoms with van der Waals surface area (Å²) >= 11 is 0. The summed E-state index contributed by atoms with van der Waals surface area (Å²) < 4.78 is 5.41. The lowest BCUT2D eigenvalue weighted by Crippen LogP contribution is -2.50. The van der Waals surface area contributed by atoms with Crippen LogP contribution in [-0.4, -0.2) is 36.4 Å². The molecule has 0 aliphatic heterocycles. The Kier molecular flexibility index (Phi) is 5.56. The maximum absolute atomic E-state index is 11.8. The molecule has 20 heavy (non-hydrogen) atoms. The molecule has 0 saturated heterocycles. The number of hydrogen-bond donors (Lipinski definition) is 2. The molecule has 1 aromatic rings. The third kappa shape index (κ3) is 4.32. The first-order valence-electron chi connectivity index (χ1n) is 7.28. The van der Waals surface area contributed by atoms with Gasteiger partial charge in [0.15, 0.2) is 0 Å². The van der Waals surface area contributed by atoms with E-state index in [2.05, 4.69) is 5.32 Å². The molecular formula is C16H23NO3. The summed E-state index contributed by atoms with van der Waals surface area (Å²) in [5.41, 5.74) is 0.801. The smallest absolute Gasteiger partial charge is 0.246 e. The van der Waals surface area contributed by atoms with Crippen molar-refractivity contribution in [2.75, 3.05) is 19.8 Å². The molecule has 0 radical (unpaired) electrons. The molecule has 1 fully saturated rings. The molecular weight excluding hydrogens is 254 g/mol. The van der Waals surface area contributed by atoms with E-state index < -0.39 is 5.54 Å². The highest BCUT2D eigenvalue weighted by molar-refractivity contribution is 5.78. The van der Waals surface area contributed by atoms with Crippen molar-refractivity contribution in [1.82, 2.24) is 5.32 Å². The van der Waals surface area contributed by atoms with Gasteiger partial charge in [-0.3, -0.25) is 4.79 Å². The SMILES string of the molecule is O=C(COCCc1ccccc1)NC1(CO)CCCC1. The van der Waals surface area contributed by atoms with Crippen LogP contribution in [0.1, 0.15) is 31.2 Å². The molecule has 0 heterocycles. The zero-order valence-corrected chi connectivity index (χ0v) is 11.8. The molecule has 0 aromatic heterocycles. The first-order valence-corrected chi connectivity index (χ1v) is 7.28. The van der Waals surface area contributed by atoms with Gasteiger partial charge in [0.1, 0.15) is 6.61 Å². The molecule has 0 atom stereocenters. The molecule has 1 aliphatic rings. The van der Waals surface area contributed by atoms with Gasteiger partial charge in [0.05, 0.1) is 18.8 Å². The summed E-state index contributed by atoms with van der Waals surface area (Å²) in [5.74, 6) is -0.131. The summed E-state index contributed by atoms with van der Waals surface area (Å²) in [6.45, 7) is 0.612. The third-order valence-corrected chi connectivity index (χ3v) is 3.88. The number of aliphatic hydroxyl groups is 1. The van der Waals surface area contributed by atoms with Gasteiger partial charge in [-0.15, -0.1) is 0 Å². The van der Waals surface area contributed by atoms with Crippen LogP contribution in [0.25, 0.3) is 0 Å². The van der Waals surface area contributed by atoms with Crippen LogP contribution in [0.15, 0.2) is 30.3 Å². The van der Waals surface area contributed by atoms with Gasteiger partial charge in [0.2, 0.25) is 5.91 Å². The van der Waals surface area contributed by atoms with Crippen molar-refractivity contribution in [2.24, 2.45) is 0 Å². The van der Waals surface area contributed by atoms with Gasteiger partial charge in [-0.2, -0.15) is 0 Å². The molecule has 4 heteroatoms. The topological polar surface area (TPSA) is 58.6 Å². The Balaban J connectivity index is 1.65. The summed E-state index contributed by atoms with van der Waals surface area (Å²) in [7, 11) is 0. The normalized spacial score (nSPS) is 17.1. The van der Waals surface area contributed by atoms with Crippen LogP contribution in [0.3, 0.4) is 0 Å². The molecule has 1 aliphatic carbocycles. The minimum Gasteiger partial charge on any atom is -0.394 e. The summed E-state index contributed by atoms with van der Waals surface area (Å²) in [5, 5.41) is 12.4. The highest BCUT2D eigenvalue weighted by Crippen LogP contribution is 2.28. The van der Waals surface area contributed by atoms with Gasteiger partial charge in [0, 0.05) is 0 Å². The number of ether oxygens (including phenoxy) is 1. The van der Waals surface area contributed by atoms with Crippen LogP contribution in [0.2, 0.25) is 0 Å². The lowest BCUT2D eigenvalue weighted by molar-refractivity contribution is -0.128. The summed E-state index contributed by atoms with van der Waals surface area (Å²) in [6.07, 6.45) is 4.66. The minimum absolute atomic E-state index is 0.0166. The molecule has 0 unspecified atom stereocenters. The monoisotopic (exact) mass is 277 g/mol. The maximum Gasteiger partial charge on any atom is 0.246 e. The average molecular weight is 277 g/mol. The number of amides is 1. The van der Waals surface area contributed by atoms with Gasteiger partial charge in [-0.05, 0) is 24.8 Å². The standard InChI is InChI=1S/C16H23NO3/c18-13-16(9-4-5-10-16)17-15(19)12-20-11-8-14-6-2-1-3-7-14/h1-3,6-7,18H,4-5,8-13H2,(H,17,19). The fourth-order valence-electron chi connectivity index (χ4n) is 2.71. The fourth-order valence-corrected chi connectivity index (χ4v) is 2.71. The molecule has 0 spiro atoms. The zero-order valence-electron chi connectivity index (χ0n) is 11.8. The Hall–Kier alpha value is -1.39. The number of carbonyl (C=O) groups excluding carboxylic acids is 1. The van der Waals surface area contributed by atoms with Gasteiger partial charge < -0.3 is 15.2 Å². The molecule has 1 amide bonds. The van der Waals surface area contributed by atoms with E-state index in [4.69, 9.17) is 4.74 Å². The van der Waals surface area contributed by atoms with E-state index in [9.17, 15) is 9.90 Å². The second kappa shape index (κ2) is 7.41. The number of carbonyl (C=O) groups is 1. The summed E-state index contributed by atoms with van der Waals surface area (Å²) in [6, 6.07) is 10.1. The average Bonchev–Trinajstić information content (AvgIpc) is 2.94. The van der Waals surface area contributed by atoms with Crippen LogP contribution >= 0.6 is 0 Å². The molecule has 2 rings (SSSR count). The highest BCUT2D eigenvalue weighted by atomic mass is 16.5. The second-order valence-corrected chi connectivity index (χ2v) is 5.48. The maximum atomic E-state index is 11.8. The van der Waals surface area contributed by atoms with Crippen molar-refractivity contribution >= 4 is 5.91 Å². The van der Waals surface area contributed by atoms with Gasteiger partial charge >= 0.3 is 0 Å². The van der Waals surface area contributed by atoms with Crippen molar-refractivity contribution in [1.29, 1.82) is 0 Å². The lowest BCUT2D eigenvalue weighted by Gasteiger charge is -2.27. The minimum atomic E-state index is -0.403. The first kappa shape index (κ1) is 15.0. The Labute approximate surface area is 120 Å². The lowest BCUT2D eigenvalue weighted by atomic mass is 9.99. The van der Waals surface area contributed by atoms with Crippen molar-refractivity contribution < 1.29 is 14.6 Å². The molecule has 4 nitrogen and oxygen atoms in total. The number of aliphatic hydroxyl groups excluding tert-OH is 1. The second-order valence-electron chi connectivity index (χ2n) is 5.48. The largest absolute Gasteiger partial charge is 0.394 e. The Morgan fingerprint density at radius 1 is 1.25 bits per heavy atom. The predicted molar refractivity (Wildman–Crippen MR) is 77.4 cm³/mol. The van der Waals surface area contributed by atoms with Crippen LogP contribution in [0.4, 0.5) is 0 Å². The Morgan fingerprint density at radius 3 is 2.60 bits per heavy atom. The molecule has 1 saturated carbocycles. The van der Waals surface area contributed by atoms with Crippen molar-refractivity contribution in [3.05, 3.63) is 35.9 Å². The number of rotatable bonds is 7. The molecule has 1 aromatic carbocycles. The van der Waals surface area contributed by atoms with Gasteiger partial charge in [0.25, 0.3) is 0 Å². The first-order chi connectivity index (χ1) is 9.74. The van der Waals surface area contributed by atoms with Crippen LogP contribution in [0.5, 0.6) is 0 Å². The van der Waals surface area contributed by atoms with Crippen LogP contribution in [-0.2, 0) is 16.0 Å². The Morgan fingerprint density at radius 2 is 1.95 bits per heavy atom. The Bertz CT molecular complexity index is 413. The quantitative estimate of drug-likeness (QED) is 0.745.